The molecule has 2 heterocycles. The topological polar surface area (TPSA) is 50.9 Å². The molecule has 1 atom stereocenters. The maximum atomic E-state index is 13.3. The quantitative estimate of drug-likeness (QED) is 0.664. The van der Waals surface area contributed by atoms with Crippen molar-refractivity contribution in [3.63, 3.8) is 0 Å². The minimum absolute atomic E-state index is 0.233. The van der Waals surface area contributed by atoms with Crippen LogP contribution in [0.25, 0.3) is 11.0 Å². The number of fused-ring (bicyclic) bond motifs is 1. The van der Waals surface area contributed by atoms with E-state index in [0.717, 1.165) is 4.68 Å². The van der Waals surface area contributed by atoms with Gasteiger partial charge in [-0.3, -0.25) is 4.68 Å². The molecule has 0 aromatic carbocycles. The summed E-state index contributed by atoms with van der Waals surface area (Å²) in [6.07, 6.45) is -4.65. The molecule has 1 N–H and O–H groups in total. The number of aliphatic hydroxyl groups is 1. The first-order chi connectivity index (χ1) is 9.46. The summed E-state index contributed by atoms with van der Waals surface area (Å²) in [6.45, 7) is -0.618. The SMILES string of the molecule is CC(O)(Cn1ncc2nc(Br)ccc21)C(F)(F)C(F)(F)F. The van der Waals surface area contributed by atoms with Crippen molar-refractivity contribution in [2.75, 3.05) is 0 Å². The second-order valence-electron chi connectivity index (χ2n) is 4.69. The Hall–Kier alpha value is -1.29. The molecule has 2 rings (SSSR count). The van der Waals surface area contributed by atoms with Gasteiger partial charge in [-0.1, -0.05) is 0 Å². The number of halogens is 6. The standard InChI is InChI=1S/C11H9BrF5N3O/c1-9(21,10(13,14)11(15,16)17)5-20-7-2-3-8(12)19-6(7)4-18-20/h2-4,21H,5H2,1H3. The Balaban J connectivity index is 2.39. The average Bonchev–Trinajstić information content (AvgIpc) is 2.69. The molecule has 4 nitrogen and oxygen atoms in total. The van der Waals surface area contributed by atoms with E-state index in [1.807, 2.05) is 0 Å². The Morgan fingerprint density at radius 1 is 1.24 bits per heavy atom. The van der Waals surface area contributed by atoms with E-state index < -0.39 is 24.2 Å². The predicted octanol–water partition coefficient (Wildman–Crippen LogP) is 3.14. The van der Waals surface area contributed by atoms with E-state index in [-0.39, 0.29) is 5.52 Å². The van der Waals surface area contributed by atoms with Crippen molar-refractivity contribution in [2.24, 2.45) is 0 Å². The molecule has 0 amide bonds. The van der Waals surface area contributed by atoms with Crippen LogP contribution in [0.3, 0.4) is 0 Å². The van der Waals surface area contributed by atoms with Gasteiger partial charge < -0.3 is 5.11 Å². The molecule has 0 saturated carbocycles. The first-order valence-electron chi connectivity index (χ1n) is 5.61. The van der Waals surface area contributed by atoms with Crippen LogP contribution in [0.4, 0.5) is 22.0 Å². The van der Waals surface area contributed by atoms with E-state index >= 15 is 0 Å². The third-order valence-corrected chi connectivity index (χ3v) is 3.40. The Labute approximate surface area is 123 Å². The minimum Gasteiger partial charge on any atom is -0.382 e. The lowest BCUT2D eigenvalue weighted by Crippen LogP contribution is -2.57. The minimum atomic E-state index is -5.86. The number of pyridine rings is 1. The van der Waals surface area contributed by atoms with Gasteiger partial charge >= 0.3 is 12.1 Å². The average molecular weight is 374 g/mol. The third kappa shape index (κ3) is 2.73. The first-order valence-corrected chi connectivity index (χ1v) is 6.40. The molecule has 0 radical (unpaired) electrons. The number of hydrogen-bond donors (Lipinski definition) is 1. The maximum Gasteiger partial charge on any atom is 0.456 e. The zero-order chi connectivity index (χ0) is 16.1. The summed E-state index contributed by atoms with van der Waals surface area (Å²) < 4.78 is 65.1. The van der Waals surface area contributed by atoms with Crippen LogP contribution in [0.5, 0.6) is 0 Å². The molecule has 116 valence electrons. The van der Waals surface area contributed by atoms with Gasteiger partial charge in [-0.15, -0.1) is 0 Å². The fraction of sp³-hybridized carbons (Fsp3) is 0.455. The number of nitrogens with zero attached hydrogens (tertiary/aromatic N) is 3. The molecule has 0 aliphatic heterocycles. The van der Waals surface area contributed by atoms with E-state index in [4.69, 9.17) is 0 Å². The van der Waals surface area contributed by atoms with Gasteiger partial charge in [0.2, 0.25) is 0 Å². The molecule has 21 heavy (non-hydrogen) atoms. The Bertz CT molecular complexity index is 667. The van der Waals surface area contributed by atoms with E-state index in [0.29, 0.717) is 17.0 Å². The summed E-state index contributed by atoms with van der Waals surface area (Å²) in [5.41, 5.74) is -2.82. The predicted molar refractivity (Wildman–Crippen MR) is 66.9 cm³/mol. The molecule has 0 fully saturated rings. The van der Waals surface area contributed by atoms with Crippen LogP contribution in [0, 0.1) is 0 Å². The Morgan fingerprint density at radius 3 is 2.43 bits per heavy atom. The zero-order valence-corrected chi connectivity index (χ0v) is 12.1. The largest absolute Gasteiger partial charge is 0.456 e. The molecule has 0 bridgehead atoms. The smallest absolute Gasteiger partial charge is 0.382 e. The van der Waals surface area contributed by atoms with Crippen LogP contribution in [0.2, 0.25) is 0 Å². The van der Waals surface area contributed by atoms with Crippen molar-refractivity contribution in [3.05, 3.63) is 22.9 Å². The van der Waals surface area contributed by atoms with Crippen LogP contribution in [0.1, 0.15) is 6.92 Å². The van der Waals surface area contributed by atoms with E-state index in [1.54, 1.807) is 0 Å². The summed E-state index contributed by atoms with van der Waals surface area (Å²) in [6, 6.07) is 2.93. The van der Waals surface area contributed by atoms with Gasteiger partial charge in [-0.2, -0.15) is 27.1 Å². The summed E-state index contributed by atoms with van der Waals surface area (Å²) in [5.74, 6) is -5.28. The van der Waals surface area contributed by atoms with Crippen molar-refractivity contribution < 1.29 is 27.1 Å². The summed E-state index contributed by atoms with van der Waals surface area (Å²) in [5, 5.41) is 13.3. The van der Waals surface area contributed by atoms with Gasteiger partial charge in [-0.05, 0) is 35.0 Å². The molecule has 0 aliphatic rings. The Kier molecular flexibility index (Phi) is 3.73. The second-order valence-corrected chi connectivity index (χ2v) is 5.50. The molecule has 1 unspecified atom stereocenters. The lowest BCUT2D eigenvalue weighted by molar-refractivity contribution is -0.340. The molecule has 2 aromatic rings. The van der Waals surface area contributed by atoms with E-state index in [9.17, 15) is 27.1 Å². The van der Waals surface area contributed by atoms with Crippen LogP contribution >= 0.6 is 15.9 Å². The van der Waals surface area contributed by atoms with Crippen LogP contribution in [-0.2, 0) is 6.54 Å². The number of rotatable bonds is 3. The molecule has 0 aliphatic carbocycles. The highest BCUT2D eigenvalue weighted by atomic mass is 79.9. The van der Waals surface area contributed by atoms with Crippen molar-refractivity contribution in [1.82, 2.24) is 14.8 Å². The molecule has 2 aromatic heterocycles. The van der Waals surface area contributed by atoms with E-state index in [2.05, 4.69) is 26.0 Å². The maximum absolute atomic E-state index is 13.3. The lowest BCUT2D eigenvalue weighted by atomic mass is 9.97. The van der Waals surface area contributed by atoms with Gasteiger partial charge in [0.05, 0.1) is 18.3 Å². The van der Waals surface area contributed by atoms with Crippen molar-refractivity contribution >= 4 is 27.0 Å². The van der Waals surface area contributed by atoms with Gasteiger partial charge in [0.15, 0.2) is 5.60 Å². The highest BCUT2D eigenvalue weighted by Gasteiger charge is 2.68. The van der Waals surface area contributed by atoms with Crippen LogP contribution < -0.4 is 0 Å². The summed E-state index contributed by atoms with van der Waals surface area (Å²) in [4.78, 5) is 3.98. The molecule has 0 spiro atoms. The molecule has 10 heteroatoms. The highest BCUT2D eigenvalue weighted by Crippen LogP contribution is 2.44. The molecular weight excluding hydrogens is 365 g/mol. The third-order valence-electron chi connectivity index (χ3n) is 2.96. The molecular formula is C11H9BrF5N3O. The normalized spacial score (nSPS) is 16.2. The fourth-order valence-corrected chi connectivity index (χ4v) is 2.09. The molecule has 0 saturated heterocycles. The monoisotopic (exact) mass is 373 g/mol. The Morgan fingerprint density at radius 2 is 1.86 bits per heavy atom. The van der Waals surface area contributed by atoms with Crippen LogP contribution in [0.15, 0.2) is 22.9 Å². The van der Waals surface area contributed by atoms with Crippen LogP contribution in [-0.4, -0.2) is 37.6 Å². The van der Waals surface area contributed by atoms with Crippen molar-refractivity contribution in [2.45, 2.75) is 31.2 Å². The fourth-order valence-electron chi connectivity index (χ4n) is 1.76. The van der Waals surface area contributed by atoms with E-state index in [1.165, 1.54) is 18.3 Å². The first kappa shape index (κ1) is 16.1. The van der Waals surface area contributed by atoms with Gasteiger partial charge in [0.25, 0.3) is 0 Å². The number of alkyl halides is 5. The number of hydrogen-bond acceptors (Lipinski definition) is 3. The van der Waals surface area contributed by atoms with Gasteiger partial charge in [0.1, 0.15) is 10.1 Å². The zero-order valence-electron chi connectivity index (χ0n) is 10.5. The second kappa shape index (κ2) is 4.87. The number of aromatic nitrogens is 3. The van der Waals surface area contributed by atoms with Gasteiger partial charge in [0, 0.05) is 0 Å². The lowest BCUT2D eigenvalue weighted by Gasteiger charge is -2.33. The summed E-state index contributed by atoms with van der Waals surface area (Å²) in [7, 11) is 0. The summed E-state index contributed by atoms with van der Waals surface area (Å²) >= 11 is 3.09. The van der Waals surface area contributed by atoms with Gasteiger partial charge in [-0.25, -0.2) is 4.98 Å². The van der Waals surface area contributed by atoms with Crippen molar-refractivity contribution in [3.8, 4) is 0 Å². The highest BCUT2D eigenvalue weighted by molar-refractivity contribution is 9.10. The van der Waals surface area contributed by atoms with Crippen molar-refractivity contribution in [1.29, 1.82) is 0 Å².